The summed E-state index contributed by atoms with van der Waals surface area (Å²) >= 11 is 0. The first-order chi connectivity index (χ1) is 8.99. The average Bonchev–Trinajstić information content (AvgIpc) is 2.94. The molecule has 1 aromatic heterocycles. The number of ether oxygens (including phenoxy) is 1. The predicted octanol–water partition coefficient (Wildman–Crippen LogP) is 2.69. The molecule has 0 saturated carbocycles. The molecule has 1 N–H and O–H groups in total. The average molecular weight is 265 g/mol. The number of amides is 1. The summed E-state index contributed by atoms with van der Waals surface area (Å²) in [4.78, 5) is 12.0. The Kier molecular flexibility index (Phi) is 4.30. The lowest BCUT2D eigenvalue weighted by Crippen LogP contribution is -2.34. The molecule has 2 atom stereocenters. The molecule has 106 valence electrons. The molecule has 2 heterocycles. The summed E-state index contributed by atoms with van der Waals surface area (Å²) in [6, 6.07) is 1.79. The molecule has 0 aliphatic carbocycles. The summed E-state index contributed by atoms with van der Waals surface area (Å²) in [7, 11) is 0. The van der Waals surface area contributed by atoms with Crippen molar-refractivity contribution in [2.75, 3.05) is 13.2 Å². The van der Waals surface area contributed by atoms with E-state index in [2.05, 4.69) is 19.2 Å². The highest BCUT2D eigenvalue weighted by Gasteiger charge is 2.31. The maximum absolute atomic E-state index is 12.0. The van der Waals surface area contributed by atoms with Gasteiger partial charge in [0.1, 0.15) is 5.76 Å². The predicted molar refractivity (Wildman–Crippen MR) is 73.2 cm³/mol. The lowest BCUT2D eigenvalue weighted by atomic mass is 9.93. The smallest absolute Gasteiger partial charge is 0.287 e. The van der Waals surface area contributed by atoms with Gasteiger partial charge in [-0.3, -0.25) is 4.79 Å². The van der Waals surface area contributed by atoms with Crippen LogP contribution < -0.4 is 5.32 Å². The molecule has 0 radical (unpaired) electrons. The Bertz CT molecular complexity index is 431. The number of hydrogen-bond donors (Lipinski definition) is 1. The van der Waals surface area contributed by atoms with Gasteiger partial charge in [-0.05, 0) is 37.8 Å². The first-order valence-corrected chi connectivity index (χ1v) is 6.96. The van der Waals surface area contributed by atoms with Crippen molar-refractivity contribution < 1.29 is 13.9 Å². The monoisotopic (exact) mass is 265 g/mol. The van der Waals surface area contributed by atoms with Gasteiger partial charge >= 0.3 is 0 Å². The van der Waals surface area contributed by atoms with Gasteiger partial charge in [0.15, 0.2) is 5.76 Å². The van der Waals surface area contributed by atoms with Crippen LogP contribution in [0.5, 0.6) is 0 Å². The van der Waals surface area contributed by atoms with Crippen LogP contribution in [0.2, 0.25) is 0 Å². The van der Waals surface area contributed by atoms with E-state index in [0.29, 0.717) is 24.1 Å². The van der Waals surface area contributed by atoms with Gasteiger partial charge in [-0.2, -0.15) is 0 Å². The summed E-state index contributed by atoms with van der Waals surface area (Å²) in [5, 5.41) is 2.95. The molecular weight excluding hydrogens is 242 g/mol. The highest BCUT2D eigenvalue weighted by atomic mass is 16.5. The van der Waals surface area contributed by atoms with Crippen LogP contribution in [0, 0.1) is 25.7 Å². The van der Waals surface area contributed by atoms with Crippen LogP contribution in [-0.4, -0.2) is 25.2 Å². The summed E-state index contributed by atoms with van der Waals surface area (Å²) < 4.78 is 11.1. The minimum absolute atomic E-state index is 0.134. The van der Waals surface area contributed by atoms with Crippen LogP contribution in [0.4, 0.5) is 0 Å². The van der Waals surface area contributed by atoms with Crippen molar-refractivity contribution in [1.82, 2.24) is 5.32 Å². The quantitative estimate of drug-likeness (QED) is 0.910. The first-order valence-electron chi connectivity index (χ1n) is 6.96. The van der Waals surface area contributed by atoms with Crippen LogP contribution >= 0.6 is 0 Å². The largest absolute Gasteiger partial charge is 0.456 e. The standard InChI is InChI=1S/C15H23NO3/c1-9(2)14-12(5-6-18-14)8-16-15(17)13-7-10(3)11(4)19-13/h7,9,12,14H,5-6,8H2,1-4H3,(H,16,17)/t12-,14-/m1/s1. The molecule has 1 amide bonds. The fraction of sp³-hybridized carbons (Fsp3) is 0.667. The van der Waals surface area contributed by atoms with E-state index in [1.165, 1.54) is 0 Å². The Hall–Kier alpha value is -1.29. The fourth-order valence-electron chi connectivity index (χ4n) is 2.61. The molecule has 1 fully saturated rings. The molecule has 0 aromatic carbocycles. The summed E-state index contributed by atoms with van der Waals surface area (Å²) in [6.45, 7) is 9.57. The highest BCUT2D eigenvalue weighted by Crippen LogP contribution is 2.26. The van der Waals surface area contributed by atoms with Crippen LogP contribution in [0.15, 0.2) is 10.5 Å². The Labute approximate surface area is 114 Å². The van der Waals surface area contributed by atoms with E-state index in [1.54, 1.807) is 6.07 Å². The van der Waals surface area contributed by atoms with Crippen LogP contribution in [-0.2, 0) is 4.74 Å². The second-order valence-electron chi connectivity index (χ2n) is 5.69. The summed E-state index contributed by atoms with van der Waals surface area (Å²) in [6.07, 6.45) is 1.26. The molecule has 0 bridgehead atoms. The van der Waals surface area contributed by atoms with Crippen LogP contribution in [0.3, 0.4) is 0 Å². The number of nitrogens with one attached hydrogen (secondary N) is 1. The van der Waals surface area contributed by atoms with Gasteiger partial charge in [0.05, 0.1) is 6.10 Å². The zero-order valence-electron chi connectivity index (χ0n) is 12.2. The van der Waals surface area contributed by atoms with Gasteiger partial charge in [-0.25, -0.2) is 0 Å². The lowest BCUT2D eigenvalue weighted by Gasteiger charge is -2.21. The van der Waals surface area contributed by atoms with Crippen molar-refractivity contribution in [3.63, 3.8) is 0 Å². The fourth-order valence-corrected chi connectivity index (χ4v) is 2.61. The molecule has 0 unspecified atom stereocenters. The second-order valence-corrected chi connectivity index (χ2v) is 5.69. The van der Waals surface area contributed by atoms with Gasteiger partial charge < -0.3 is 14.5 Å². The SMILES string of the molecule is Cc1cc(C(=O)NC[C@H]2CCO[C@@H]2C(C)C)oc1C. The topological polar surface area (TPSA) is 51.5 Å². The van der Waals surface area contributed by atoms with Crippen molar-refractivity contribution in [3.8, 4) is 0 Å². The van der Waals surface area contributed by atoms with E-state index < -0.39 is 0 Å². The first kappa shape index (κ1) is 14.1. The molecule has 0 spiro atoms. The third kappa shape index (κ3) is 3.18. The molecular formula is C15H23NO3. The van der Waals surface area contributed by atoms with E-state index in [4.69, 9.17) is 9.15 Å². The molecule has 1 aliphatic rings. The van der Waals surface area contributed by atoms with Crippen molar-refractivity contribution in [1.29, 1.82) is 0 Å². The Morgan fingerprint density at radius 2 is 2.21 bits per heavy atom. The van der Waals surface area contributed by atoms with Crippen LogP contribution in [0.25, 0.3) is 0 Å². The normalized spacial score (nSPS) is 23.0. The molecule has 1 aliphatic heterocycles. The van der Waals surface area contributed by atoms with Gasteiger partial charge in [0.25, 0.3) is 5.91 Å². The summed E-state index contributed by atoms with van der Waals surface area (Å²) in [5.74, 6) is 1.95. The van der Waals surface area contributed by atoms with Crippen molar-refractivity contribution >= 4 is 5.91 Å². The minimum atomic E-state index is -0.134. The van der Waals surface area contributed by atoms with Gasteiger partial charge in [-0.15, -0.1) is 0 Å². The number of hydrogen-bond acceptors (Lipinski definition) is 3. The van der Waals surface area contributed by atoms with Crippen molar-refractivity contribution in [2.24, 2.45) is 11.8 Å². The molecule has 19 heavy (non-hydrogen) atoms. The number of carbonyl (C=O) groups is 1. The molecule has 2 rings (SSSR count). The maximum atomic E-state index is 12.0. The number of aryl methyl sites for hydroxylation is 2. The number of rotatable bonds is 4. The second kappa shape index (κ2) is 5.78. The van der Waals surface area contributed by atoms with Crippen molar-refractivity contribution in [3.05, 3.63) is 23.2 Å². The molecule has 1 saturated heterocycles. The minimum Gasteiger partial charge on any atom is -0.456 e. The van der Waals surface area contributed by atoms with E-state index in [0.717, 1.165) is 24.4 Å². The molecule has 1 aromatic rings. The van der Waals surface area contributed by atoms with Gasteiger partial charge in [0, 0.05) is 19.1 Å². The molecule has 4 heteroatoms. The molecule has 4 nitrogen and oxygen atoms in total. The zero-order valence-corrected chi connectivity index (χ0v) is 12.2. The zero-order chi connectivity index (χ0) is 14.0. The lowest BCUT2D eigenvalue weighted by molar-refractivity contribution is 0.0531. The van der Waals surface area contributed by atoms with E-state index in [1.807, 2.05) is 13.8 Å². The Morgan fingerprint density at radius 3 is 2.79 bits per heavy atom. The summed E-state index contributed by atoms with van der Waals surface area (Å²) in [5.41, 5.74) is 1.01. The third-order valence-electron chi connectivity index (χ3n) is 3.84. The maximum Gasteiger partial charge on any atom is 0.287 e. The number of carbonyl (C=O) groups excluding carboxylic acids is 1. The van der Waals surface area contributed by atoms with E-state index >= 15 is 0 Å². The highest BCUT2D eigenvalue weighted by molar-refractivity contribution is 5.91. The van der Waals surface area contributed by atoms with E-state index in [9.17, 15) is 4.79 Å². The van der Waals surface area contributed by atoms with Gasteiger partial charge in [0.2, 0.25) is 0 Å². The Morgan fingerprint density at radius 1 is 1.47 bits per heavy atom. The van der Waals surface area contributed by atoms with E-state index in [-0.39, 0.29) is 12.0 Å². The Balaban J connectivity index is 1.90. The third-order valence-corrected chi connectivity index (χ3v) is 3.84. The van der Waals surface area contributed by atoms with Gasteiger partial charge in [-0.1, -0.05) is 13.8 Å². The number of furan rings is 1. The van der Waals surface area contributed by atoms with Crippen molar-refractivity contribution in [2.45, 2.75) is 40.2 Å². The van der Waals surface area contributed by atoms with Crippen LogP contribution in [0.1, 0.15) is 42.1 Å².